The van der Waals surface area contributed by atoms with Gasteiger partial charge in [0.25, 0.3) is 5.91 Å². The number of hydrogen-bond acceptors (Lipinski definition) is 3. The van der Waals surface area contributed by atoms with E-state index in [9.17, 15) is 26.4 Å². The zero-order chi connectivity index (χ0) is 21.7. The van der Waals surface area contributed by atoms with Gasteiger partial charge in [0.05, 0.1) is 15.2 Å². The number of quaternary nitrogens is 1. The molecule has 1 aliphatic carbocycles. The third-order valence-electron chi connectivity index (χ3n) is 6.69. The van der Waals surface area contributed by atoms with Crippen LogP contribution in [0.2, 0.25) is 0 Å². The number of rotatable bonds is 4. The number of amides is 1. The number of halogens is 3. The number of hydrogen-bond donors (Lipinski definition) is 1. The Morgan fingerprint density at radius 1 is 1.17 bits per heavy atom. The van der Waals surface area contributed by atoms with Crippen LogP contribution in [0.3, 0.4) is 0 Å². The van der Waals surface area contributed by atoms with Crippen molar-refractivity contribution < 1.29 is 32.1 Å². The van der Waals surface area contributed by atoms with Crippen molar-refractivity contribution >= 4 is 15.7 Å². The Hall–Kier alpha value is -1.61. The maximum absolute atomic E-state index is 13.2. The number of carbonyl (C=O) groups is 1. The Kier molecular flexibility index (Phi) is 5.53. The highest BCUT2D eigenvalue weighted by molar-refractivity contribution is 7.92. The van der Waals surface area contributed by atoms with Crippen LogP contribution >= 0.6 is 0 Å². The Morgan fingerprint density at radius 3 is 2.24 bits per heavy atom. The van der Waals surface area contributed by atoms with Gasteiger partial charge in [-0.1, -0.05) is 6.07 Å². The van der Waals surface area contributed by atoms with Crippen molar-refractivity contribution in [2.75, 3.05) is 13.1 Å². The average Bonchev–Trinajstić information content (AvgIpc) is 2.65. The van der Waals surface area contributed by atoms with Gasteiger partial charge < -0.3 is 10.6 Å². The predicted molar refractivity (Wildman–Crippen MR) is 101 cm³/mol. The van der Waals surface area contributed by atoms with Gasteiger partial charge in [0, 0.05) is 25.9 Å². The quantitative estimate of drug-likeness (QED) is 0.793. The third kappa shape index (κ3) is 3.91. The van der Waals surface area contributed by atoms with Gasteiger partial charge in [-0.25, -0.2) is 8.42 Å². The van der Waals surface area contributed by atoms with Gasteiger partial charge in [-0.3, -0.25) is 4.79 Å². The van der Waals surface area contributed by atoms with Crippen LogP contribution in [0, 0.1) is 5.92 Å². The number of benzene rings is 1. The summed E-state index contributed by atoms with van der Waals surface area (Å²) in [5, 5.41) is 0. The lowest BCUT2D eigenvalue weighted by Crippen LogP contribution is -2.82. The molecule has 162 valence electrons. The van der Waals surface area contributed by atoms with Crippen molar-refractivity contribution in [2.24, 2.45) is 5.92 Å². The summed E-state index contributed by atoms with van der Waals surface area (Å²) in [6.07, 6.45) is -1.07. The standard InChI is InChI=1S/C20H27F3N2O3S/c1-18(2,29(27,28)16-6-3-5-15(13-16)20(21,22)23)14-7-11-25(12-8-14)17(26)19(24)9-4-10-19/h3,5-6,13-14H,4,7-12,24H2,1-2H3/p+1. The topological polar surface area (TPSA) is 82.1 Å². The van der Waals surface area contributed by atoms with E-state index in [4.69, 9.17) is 0 Å². The van der Waals surface area contributed by atoms with E-state index in [1.165, 1.54) is 6.07 Å². The van der Waals surface area contributed by atoms with E-state index in [2.05, 4.69) is 5.73 Å². The molecule has 0 radical (unpaired) electrons. The van der Waals surface area contributed by atoms with Crippen molar-refractivity contribution in [2.45, 2.75) is 67.3 Å². The van der Waals surface area contributed by atoms with Crippen molar-refractivity contribution in [3.05, 3.63) is 29.8 Å². The van der Waals surface area contributed by atoms with E-state index in [1.807, 2.05) is 0 Å². The molecule has 0 unspecified atom stereocenters. The fraction of sp³-hybridized carbons (Fsp3) is 0.650. The van der Waals surface area contributed by atoms with Crippen LogP contribution in [-0.4, -0.2) is 42.6 Å². The lowest BCUT2D eigenvalue weighted by atomic mass is 9.76. The first-order valence-electron chi connectivity index (χ1n) is 9.86. The van der Waals surface area contributed by atoms with Crippen LogP contribution in [0.5, 0.6) is 0 Å². The summed E-state index contributed by atoms with van der Waals surface area (Å²) in [7, 11) is -4.00. The van der Waals surface area contributed by atoms with E-state index in [1.54, 1.807) is 18.7 Å². The van der Waals surface area contributed by atoms with Gasteiger partial charge in [0.15, 0.2) is 15.4 Å². The van der Waals surface area contributed by atoms with Crippen LogP contribution in [0.15, 0.2) is 29.2 Å². The largest absolute Gasteiger partial charge is 0.416 e. The summed E-state index contributed by atoms with van der Waals surface area (Å²) in [5.74, 6) is -0.228. The maximum Gasteiger partial charge on any atom is 0.416 e. The molecule has 2 fully saturated rings. The van der Waals surface area contributed by atoms with Crippen LogP contribution in [0.25, 0.3) is 0 Å². The SMILES string of the molecule is CC(C)(C1CCN(C(=O)C2([NH3+])CCC2)CC1)S(=O)(=O)c1cccc(C(F)(F)F)c1. The monoisotopic (exact) mass is 433 g/mol. The zero-order valence-electron chi connectivity index (χ0n) is 16.8. The molecule has 1 aromatic carbocycles. The first-order chi connectivity index (χ1) is 13.3. The molecule has 5 nitrogen and oxygen atoms in total. The summed E-state index contributed by atoms with van der Waals surface area (Å²) in [6.45, 7) is 4.03. The predicted octanol–water partition coefficient (Wildman–Crippen LogP) is 2.66. The molecule has 3 N–H and O–H groups in total. The fourth-order valence-electron chi connectivity index (χ4n) is 4.29. The highest BCUT2D eigenvalue weighted by Gasteiger charge is 2.49. The average molecular weight is 434 g/mol. The van der Waals surface area contributed by atoms with E-state index in [0.29, 0.717) is 32.0 Å². The van der Waals surface area contributed by atoms with E-state index < -0.39 is 31.9 Å². The second-order valence-electron chi connectivity index (χ2n) is 8.83. The lowest BCUT2D eigenvalue weighted by Gasteiger charge is -2.43. The second-order valence-corrected chi connectivity index (χ2v) is 11.4. The van der Waals surface area contributed by atoms with E-state index in [0.717, 1.165) is 31.4 Å². The van der Waals surface area contributed by atoms with E-state index >= 15 is 0 Å². The normalized spacial score (nSPS) is 21.0. The second kappa shape index (κ2) is 7.27. The van der Waals surface area contributed by atoms with Gasteiger partial charge in [-0.2, -0.15) is 13.2 Å². The van der Waals surface area contributed by atoms with E-state index in [-0.39, 0.29) is 16.7 Å². The Morgan fingerprint density at radius 2 is 1.76 bits per heavy atom. The van der Waals surface area contributed by atoms with Crippen molar-refractivity contribution in [1.29, 1.82) is 0 Å². The molecular formula is C20H28F3N2O3S+. The molecular weight excluding hydrogens is 405 g/mol. The highest BCUT2D eigenvalue weighted by Crippen LogP contribution is 2.40. The maximum atomic E-state index is 13.2. The molecule has 1 saturated heterocycles. The van der Waals surface area contributed by atoms with Crippen LogP contribution in [0.4, 0.5) is 13.2 Å². The summed E-state index contributed by atoms with van der Waals surface area (Å²) in [6, 6.07) is 3.91. The molecule has 1 saturated carbocycles. The highest BCUT2D eigenvalue weighted by atomic mass is 32.2. The molecule has 1 heterocycles. The van der Waals surface area contributed by atoms with Gasteiger partial charge in [-0.15, -0.1) is 0 Å². The van der Waals surface area contributed by atoms with Crippen molar-refractivity contribution in [3.63, 3.8) is 0 Å². The minimum absolute atomic E-state index is 0.0285. The van der Waals surface area contributed by atoms with Gasteiger partial charge in [0.2, 0.25) is 0 Å². The summed E-state index contributed by atoms with van der Waals surface area (Å²) in [4.78, 5) is 14.1. The third-order valence-corrected chi connectivity index (χ3v) is 9.29. The molecule has 1 aromatic rings. The molecule has 0 atom stereocenters. The minimum Gasteiger partial charge on any atom is -0.345 e. The first-order valence-corrected chi connectivity index (χ1v) is 11.3. The summed E-state index contributed by atoms with van der Waals surface area (Å²) < 4.78 is 64.2. The van der Waals surface area contributed by atoms with Crippen molar-refractivity contribution in [3.8, 4) is 0 Å². The number of nitrogens with zero attached hydrogens (tertiary/aromatic N) is 1. The Balaban J connectivity index is 1.76. The minimum atomic E-state index is -4.60. The number of piperidine rings is 1. The summed E-state index contributed by atoms with van der Waals surface area (Å²) in [5.41, 5.74) is 2.53. The van der Waals surface area contributed by atoms with Crippen LogP contribution < -0.4 is 5.73 Å². The molecule has 9 heteroatoms. The zero-order valence-corrected chi connectivity index (χ0v) is 17.6. The molecule has 0 bridgehead atoms. The molecule has 1 aliphatic heterocycles. The van der Waals surface area contributed by atoms with Gasteiger partial charge >= 0.3 is 6.18 Å². The van der Waals surface area contributed by atoms with Crippen molar-refractivity contribution in [1.82, 2.24) is 4.90 Å². The molecule has 29 heavy (non-hydrogen) atoms. The Bertz CT molecular complexity index is 884. The number of carbonyl (C=O) groups excluding carboxylic acids is 1. The molecule has 3 rings (SSSR count). The number of likely N-dealkylation sites (tertiary alicyclic amines) is 1. The number of sulfone groups is 1. The van der Waals surface area contributed by atoms with Crippen LogP contribution in [0.1, 0.15) is 51.5 Å². The Labute approximate surface area is 169 Å². The van der Waals surface area contributed by atoms with Gasteiger partial charge in [-0.05, 0) is 57.2 Å². The molecule has 0 spiro atoms. The van der Waals surface area contributed by atoms with Crippen LogP contribution in [-0.2, 0) is 20.8 Å². The smallest absolute Gasteiger partial charge is 0.345 e. The lowest BCUT2D eigenvalue weighted by molar-refractivity contribution is -0.479. The van der Waals surface area contributed by atoms with Gasteiger partial charge in [0.1, 0.15) is 0 Å². The molecule has 0 aromatic heterocycles. The first kappa shape index (κ1) is 22.1. The molecule has 1 amide bonds. The fourth-order valence-corrected chi connectivity index (χ4v) is 6.12. The number of alkyl halides is 3. The molecule has 2 aliphatic rings. The summed E-state index contributed by atoms with van der Waals surface area (Å²) >= 11 is 0.